The monoisotopic (exact) mass is 256 g/mol. The number of allylic oxidation sites excluding steroid dienone is 2. The lowest BCUT2D eigenvalue weighted by atomic mass is 9.93. The summed E-state index contributed by atoms with van der Waals surface area (Å²) in [6.07, 6.45) is 4.25. The molecular weight excluding hydrogens is 244 g/mol. The Kier molecular flexibility index (Phi) is 3.71. The molecule has 1 aromatic rings. The van der Waals surface area contributed by atoms with E-state index < -0.39 is 5.78 Å². The highest BCUT2D eigenvalue weighted by molar-refractivity contribution is 6.24. The summed E-state index contributed by atoms with van der Waals surface area (Å²) in [5.41, 5.74) is 0.212. The molecule has 0 radical (unpaired) electrons. The van der Waals surface area contributed by atoms with Gasteiger partial charge in [0.1, 0.15) is 6.07 Å². The number of aromatic nitrogens is 1. The van der Waals surface area contributed by atoms with Crippen LogP contribution in [0.15, 0.2) is 24.1 Å². The second-order valence-electron chi connectivity index (χ2n) is 4.10. The average Bonchev–Trinajstić information content (AvgIpc) is 2.43. The maximum Gasteiger partial charge on any atom is 0.231 e. The van der Waals surface area contributed by atoms with Crippen molar-refractivity contribution in [3.63, 3.8) is 0 Å². The third kappa shape index (κ3) is 2.38. The maximum absolute atomic E-state index is 12.2. The van der Waals surface area contributed by atoms with Crippen molar-refractivity contribution in [3.05, 3.63) is 40.9 Å². The van der Waals surface area contributed by atoms with Crippen molar-refractivity contribution in [3.8, 4) is 6.07 Å². The molecular formula is C14H12N2O3. The van der Waals surface area contributed by atoms with Crippen molar-refractivity contribution in [1.29, 1.82) is 5.26 Å². The molecule has 0 saturated carbocycles. The molecule has 0 aromatic carbocycles. The quantitative estimate of drug-likeness (QED) is 0.770. The third-order valence-corrected chi connectivity index (χ3v) is 2.79. The van der Waals surface area contributed by atoms with Crippen LogP contribution in [0.1, 0.15) is 46.2 Å². The van der Waals surface area contributed by atoms with Crippen LogP contribution in [0.4, 0.5) is 0 Å². The molecule has 0 spiro atoms. The molecule has 2 rings (SSSR count). The van der Waals surface area contributed by atoms with Crippen molar-refractivity contribution in [2.75, 3.05) is 6.61 Å². The third-order valence-electron chi connectivity index (χ3n) is 2.79. The van der Waals surface area contributed by atoms with Gasteiger partial charge in [-0.15, -0.1) is 0 Å². The molecule has 1 aliphatic carbocycles. The number of pyridine rings is 1. The summed E-state index contributed by atoms with van der Waals surface area (Å²) in [5.74, 6) is -0.786. The zero-order valence-electron chi connectivity index (χ0n) is 10.5. The fourth-order valence-electron chi connectivity index (χ4n) is 1.80. The van der Waals surface area contributed by atoms with E-state index in [1.165, 1.54) is 18.3 Å². The van der Waals surface area contributed by atoms with E-state index in [-0.39, 0.29) is 28.4 Å². The second-order valence-corrected chi connectivity index (χ2v) is 4.10. The Hall–Kier alpha value is -2.48. The first-order valence-electron chi connectivity index (χ1n) is 6.01. The number of nitriles is 1. The van der Waals surface area contributed by atoms with Gasteiger partial charge in [0.2, 0.25) is 5.78 Å². The smallest absolute Gasteiger partial charge is 0.231 e. The van der Waals surface area contributed by atoms with Crippen LogP contribution in [0.5, 0.6) is 0 Å². The number of unbranched alkanes of at least 4 members (excludes halogenated alkanes) is 1. The van der Waals surface area contributed by atoms with Gasteiger partial charge >= 0.3 is 0 Å². The summed E-state index contributed by atoms with van der Waals surface area (Å²) < 4.78 is 5.32. The van der Waals surface area contributed by atoms with Crippen LogP contribution in [0, 0.1) is 11.3 Å². The lowest BCUT2D eigenvalue weighted by Crippen LogP contribution is -2.21. The van der Waals surface area contributed by atoms with Crippen LogP contribution in [0.3, 0.4) is 0 Å². The summed E-state index contributed by atoms with van der Waals surface area (Å²) in [7, 11) is 0. The summed E-state index contributed by atoms with van der Waals surface area (Å²) in [4.78, 5) is 27.9. The van der Waals surface area contributed by atoms with Crippen molar-refractivity contribution >= 4 is 11.6 Å². The molecule has 0 N–H and O–H groups in total. The molecule has 1 aromatic heterocycles. The Labute approximate surface area is 110 Å². The van der Waals surface area contributed by atoms with Gasteiger partial charge in [-0.3, -0.25) is 9.59 Å². The molecule has 5 heteroatoms. The van der Waals surface area contributed by atoms with E-state index in [1.807, 2.05) is 13.0 Å². The summed E-state index contributed by atoms with van der Waals surface area (Å²) in [6, 6.07) is 3.27. The van der Waals surface area contributed by atoms with Crippen LogP contribution < -0.4 is 0 Å². The fraction of sp³-hybridized carbons (Fsp3) is 0.286. The number of Topliss-reactive ketones (excluding diaryl/α,β-unsaturated/α-hetero) is 1. The molecule has 1 heterocycles. The number of hydrogen-bond acceptors (Lipinski definition) is 5. The number of nitrogens with zero attached hydrogens (tertiary/aromatic N) is 2. The van der Waals surface area contributed by atoms with Gasteiger partial charge in [0.25, 0.3) is 0 Å². The number of hydrogen-bond donors (Lipinski definition) is 0. The minimum Gasteiger partial charge on any atom is -0.489 e. The van der Waals surface area contributed by atoms with Crippen molar-refractivity contribution in [1.82, 2.24) is 4.98 Å². The first-order chi connectivity index (χ1) is 9.19. The topological polar surface area (TPSA) is 80.0 Å². The van der Waals surface area contributed by atoms with Crippen molar-refractivity contribution < 1.29 is 14.3 Å². The van der Waals surface area contributed by atoms with Crippen molar-refractivity contribution in [2.24, 2.45) is 0 Å². The van der Waals surface area contributed by atoms with Gasteiger partial charge in [0.15, 0.2) is 17.2 Å². The van der Waals surface area contributed by atoms with E-state index in [9.17, 15) is 9.59 Å². The lowest BCUT2D eigenvalue weighted by Gasteiger charge is -2.16. The van der Waals surface area contributed by atoms with Gasteiger partial charge in [0.05, 0.1) is 12.2 Å². The Morgan fingerprint density at radius 2 is 2.21 bits per heavy atom. The van der Waals surface area contributed by atoms with Gasteiger partial charge in [-0.2, -0.15) is 5.26 Å². The molecule has 0 fully saturated rings. The molecule has 0 bridgehead atoms. The number of ether oxygens (including phenoxy) is 1. The zero-order valence-corrected chi connectivity index (χ0v) is 10.5. The number of ketones is 2. The molecule has 0 saturated heterocycles. The Bertz CT molecular complexity index is 612. The molecule has 5 nitrogen and oxygen atoms in total. The average molecular weight is 256 g/mol. The molecule has 0 aliphatic heterocycles. The predicted octanol–water partition coefficient (Wildman–Crippen LogP) is 2.03. The Morgan fingerprint density at radius 3 is 2.89 bits per heavy atom. The molecule has 0 atom stereocenters. The standard InChI is InChI=1S/C14H12N2O3/c1-2-3-6-19-12-7-11(17)9-4-5-16-10(8-15)13(9)14(12)18/h4-5,7H,2-3,6H2,1H3. The van der Waals surface area contributed by atoms with E-state index in [0.717, 1.165) is 12.8 Å². The number of carbonyl (C=O) groups excluding carboxylic acids is 2. The highest BCUT2D eigenvalue weighted by Crippen LogP contribution is 2.23. The number of carbonyl (C=O) groups is 2. The SMILES string of the molecule is CCCCOC1=CC(=O)c2ccnc(C#N)c2C1=O. The van der Waals surface area contributed by atoms with Crippen LogP contribution in [-0.2, 0) is 4.74 Å². The fourth-order valence-corrected chi connectivity index (χ4v) is 1.80. The second kappa shape index (κ2) is 5.44. The van der Waals surface area contributed by atoms with Gasteiger partial charge < -0.3 is 4.74 Å². The maximum atomic E-state index is 12.2. The van der Waals surface area contributed by atoms with Gasteiger partial charge in [0, 0.05) is 17.8 Å². The van der Waals surface area contributed by atoms with E-state index in [4.69, 9.17) is 10.00 Å². The minimum atomic E-state index is -0.449. The van der Waals surface area contributed by atoms with Gasteiger partial charge in [-0.25, -0.2) is 4.98 Å². The van der Waals surface area contributed by atoms with Crippen LogP contribution >= 0.6 is 0 Å². The molecule has 0 unspecified atom stereocenters. The van der Waals surface area contributed by atoms with E-state index in [1.54, 1.807) is 0 Å². The van der Waals surface area contributed by atoms with Gasteiger partial charge in [-0.05, 0) is 12.5 Å². The number of rotatable bonds is 4. The Morgan fingerprint density at radius 1 is 1.42 bits per heavy atom. The van der Waals surface area contributed by atoms with Crippen LogP contribution in [0.25, 0.3) is 0 Å². The van der Waals surface area contributed by atoms with E-state index >= 15 is 0 Å². The summed E-state index contributed by atoms with van der Waals surface area (Å²) in [5, 5.41) is 8.96. The van der Waals surface area contributed by atoms with Crippen LogP contribution in [0.2, 0.25) is 0 Å². The molecule has 0 amide bonds. The normalized spacial score (nSPS) is 13.6. The number of fused-ring (bicyclic) bond motifs is 1. The van der Waals surface area contributed by atoms with Crippen LogP contribution in [-0.4, -0.2) is 23.2 Å². The molecule has 96 valence electrons. The minimum absolute atomic E-state index is 0.00421. The zero-order chi connectivity index (χ0) is 13.8. The highest BCUT2D eigenvalue weighted by atomic mass is 16.5. The molecule has 1 aliphatic rings. The van der Waals surface area contributed by atoms with Crippen molar-refractivity contribution in [2.45, 2.75) is 19.8 Å². The molecule has 19 heavy (non-hydrogen) atoms. The largest absolute Gasteiger partial charge is 0.489 e. The summed E-state index contributed by atoms with van der Waals surface area (Å²) >= 11 is 0. The van der Waals surface area contributed by atoms with E-state index in [0.29, 0.717) is 6.61 Å². The first-order valence-corrected chi connectivity index (χ1v) is 6.01. The van der Waals surface area contributed by atoms with E-state index in [2.05, 4.69) is 4.98 Å². The summed E-state index contributed by atoms with van der Waals surface area (Å²) in [6.45, 7) is 2.37. The highest BCUT2D eigenvalue weighted by Gasteiger charge is 2.30. The van der Waals surface area contributed by atoms with Gasteiger partial charge in [-0.1, -0.05) is 13.3 Å². The first kappa shape index (κ1) is 13.0. The predicted molar refractivity (Wildman–Crippen MR) is 66.6 cm³/mol. The lowest BCUT2D eigenvalue weighted by molar-refractivity contribution is 0.0880. The Balaban J connectivity index is 2.37.